The van der Waals surface area contributed by atoms with Gasteiger partial charge < -0.3 is 9.32 Å². The topological polar surface area (TPSA) is 16.4 Å². The van der Waals surface area contributed by atoms with E-state index in [-0.39, 0.29) is 0 Å². The van der Waals surface area contributed by atoms with Gasteiger partial charge in [-0.1, -0.05) is 182 Å². The molecule has 1 heterocycles. The van der Waals surface area contributed by atoms with Crippen molar-refractivity contribution in [2.24, 2.45) is 0 Å². The molecule has 286 valence electrons. The Hall–Kier alpha value is -7.68. The molecule has 0 N–H and O–H groups in total. The number of hydrogen-bond acceptors (Lipinski definition) is 2. The minimum absolute atomic E-state index is 0.449. The number of para-hydroxylation sites is 1. The van der Waals surface area contributed by atoms with Crippen LogP contribution in [-0.2, 0) is 11.8 Å². The Bertz CT molecular complexity index is 3350. The molecule has 13 rings (SSSR count). The first kappa shape index (κ1) is 34.2. The number of allylic oxidation sites excluding steroid dienone is 1. The molecule has 61 heavy (non-hydrogen) atoms. The van der Waals surface area contributed by atoms with Crippen LogP contribution in [0.15, 0.2) is 211 Å². The van der Waals surface area contributed by atoms with Gasteiger partial charge in [0.25, 0.3) is 0 Å². The molecule has 0 aliphatic heterocycles. The molecule has 3 aliphatic rings. The molecule has 9 aromatic carbocycles. The van der Waals surface area contributed by atoms with Crippen LogP contribution in [0.5, 0.6) is 0 Å². The fourth-order valence-electron chi connectivity index (χ4n) is 11.0. The maximum Gasteiger partial charge on any atom is 0.143 e. The molecule has 0 unspecified atom stereocenters. The summed E-state index contributed by atoms with van der Waals surface area (Å²) in [5.41, 5.74) is 22.6. The van der Waals surface area contributed by atoms with Gasteiger partial charge in [-0.2, -0.15) is 0 Å². The van der Waals surface area contributed by atoms with E-state index in [1.165, 1.54) is 66.8 Å². The van der Waals surface area contributed by atoms with Gasteiger partial charge in [-0.3, -0.25) is 0 Å². The number of aryl methyl sites for hydroxylation is 1. The third-order valence-electron chi connectivity index (χ3n) is 13.6. The lowest BCUT2D eigenvalue weighted by molar-refractivity contribution is 0.662. The summed E-state index contributed by atoms with van der Waals surface area (Å²) < 4.78 is 7.02. The number of furan rings is 1. The first-order chi connectivity index (χ1) is 30.3. The Kier molecular flexibility index (Phi) is 7.38. The molecule has 1 aromatic heterocycles. The van der Waals surface area contributed by atoms with Crippen molar-refractivity contribution in [3.8, 4) is 44.5 Å². The van der Waals surface area contributed by atoms with E-state index in [4.69, 9.17) is 4.42 Å². The van der Waals surface area contributed by atoms with E-state index >= 15 is 0 Å². The Labute approximate surface area is 355 Å². The van der Waals surface area contributed by atoms with Gasteiger partial charge in [0.15, 0.2) is 0 Å². The second kappa shape index (κ2) is 13.2. The van der Waals surface area contributed by atoms with Gasteiger partial charge >= 0.3 is 0 Å². The molecular weight excluding hydrogens is 739 g/mol. The average Bonchev–Trinajstić information content (AvgIpc) is 3.97. The van der Waals surface area contributed by atoms with Crippen molar-refractivity contribution < 1.29 is 4.42 Å². The summed E-state index contributed by atoms with van der Waals surface area (Å²) in [6, 6.07) is 73.8. The number of fused-ring (bicyclic) bond motifs is 15. The van der Waals surface area contributed by atoms with Crippen LogP contribution in [0.3, 0.4) is 0 Å². The minimum atomic E-state index is -0.449. The van der Waals surface area contributed by atoms with Crippen LogP contribution in [0.25, 0.3) is 72.5 Å². The molecule has 3 aliphatic carbocycles. The summed E-state index contributed by atoms with van der Waals surface area (Å²) in [7, 11) is 0. The van der Waals surface area contributed by atoms with Crippen LogP contribution in [-0.4, -0.2) is 0 Å². The third-order valence-corrected chi connectivity index (χ3v) is 13.6. The fraction of sp³-hybridized carbons (Fsp3) is 0.0508. The zero-order valence-electron chi connectivity index (χ0n) is 33.5. The van der Waals surface area contributed by atoms with Gasteiger partial charge in [0.1, 0.15) is 11.2 Å². The highest BCUT2D eigenvalue weighted by molar-refractivity contribution is 6.13. The van der Waals surface area contributed by atoms with E-state index in [1.807, 2.05) is 0 Å². The van der Waals surface area contributed by atoms with Crippen molar-refractivity contribution in [2.75, 3.05) is 4.90 Å². The summed E-state index contributed by atoms with van der Waals surface area (Å²) in [5.74, 6) is 0. The number of hydrogen-bond donors (Lipinski definition) is 0. The smallest absolute Gasteiger partial charge is 0.143 e. The molecule has 0 radical (unpaired) electrons. The fourth-order valence-corrected chi connectivity index (χ4v) is 11.0. The molecule has 10 aromatic rings. The summed E-state index contributed by atoms with van der Waals surface area (Å²) >= 11 is 0. The second-order valence-corrected chi connectivity index (χ2v) is 16.6. The number of anilines is 3. The molecule has 0 atom stereocenters. The van der Waals surface area contributed by atoms with Crippen LogP contribution < -0.4 is 4.90 Å². The van der Waals surface area contributed by atoms with Crippen LogP contribution in [0.1, 0.15) is 39.8 Å². The maximum atomic E-state index is 7.02. The lowest BCUT2D eigenvalue weighted by atomic mass is 9.70. The van der Waals surface area contributed by atoms with Gasteiger partial charge in [-0.15, -0.1) is 0 Å². The van der Waals surface area contributed by atoms with E-state index in [0.29, 0.717) is 0 Å². The van der Waals surface area contributed by atoms with Crippen LogP contribution in [0.2, 0.25) is 0 Å². The zero-order chi connectivity index (χ0) is 40.1. The summed E-state index contributed by atoms with van der Waals surface area (Å²) in [5, 5.41) is 2.28. The van der Waals surface area contributed by atoms with Gasteiger partial charge in [-0.05, 0) is 104 Å². The molecule has 0 amide bonds. The molecule has 0 bridgehead atoms. The normalized spacial score (nSPS) is 13.8. The van der Waals surface area contributed by atoms with Crippen molar-refractivity contribution >= 4 is 45.1 Å². The Morgan fingerprint density at radius 3 is 1.64 bits per heavy atom. The molecule has 0 fully saturated rings. The predicted octanol–water partition coefficient (Wildman–Crippen LogP) is 15.7. The Morgan fingerprint density at radius 1 is 0.410 bits per heavy atom. The highest BCUT2D eigenvalue weighted by atomic mass is 16.3. The lowest BCUT2D eigenvalue weighted by Gasteiger charge is -2.33. The second-order valence-electron chi connectivity index (χ2n) is 16.6. The van der Waals surface area contributed by atoms with Gasteiger partial charge in [0.2, 0.25) is 0 Å². The monoisotopic (exact) mass is 777 g/mol. The zero-order valence-corrected chi connectivity index (χ0v) is 33.5. The Balaban J connectivity index is 1.09. The van der Waals surface area contributed by atoms with Crippen molar-refractivity contribution in [3.63, 3.8) is 0 Å². The first-order valence-electron chi connectivity index (χ1n) is 21.4. The Morgan fingerprint density at radius 2 is 0.967 bits per heavy atom. The van der Waals surface area contributed by atoms with Crippen LogP contribution in [0.4, 0.5) is 17.1 Å². The maximum absolute atomic E-state index is 7.02. The van der Waals surface area contributed by atoms with Crippen LogP contribution in [0, 0.1) is 0 Å². The van der Waals surface area contributed by atoms with Crippen molar-refractivity contribution in [1.82, 2.24) is 0 Å². The van der Waals surface area contributed by atoms with E-state index in [9.17, 15) is 0 Å². The minimum Gasteiger partial charge on any atom is -0.455 e. The highest BCUT2D eigenvalue weighted by Crippen LogP contribution is 2.63. The summed E-state index contributed by atoms with van der Waals surface area (Å²) in [6.45, 7) is 0. The molecule has 2 heteroatoms. The molecule has 0 saturated carbocycles. The van der Waals surface area contributed by atoms with E-state index in [1.54, 1.807) is 0 Å². The lowest BCUT2D eigenvalue weighted by Crippen LogP contribution is -2.26. The first-order valence-corrected chi connectivity index (χ1v) is 21.4. The number of benzene rings is 9. The molecular formula is C59H39NO. The molecule has 1 spiro atoms. The SMILES string of the molecule is C1=Cc2c(N(c3ccc(-c4ccccc4)cc3)c3ccc4c(c3)C3(c5ccccc5-c5ccccc53)c3ccccc3-4)cc3c(oc4c(-c5ccccc5)cccc43)c2CC1. The van der Waals surface area contributed by atoms with E-state index < -0.39 is 5.41 Å². The molecule has 0 saturated heterocycles. The van der Waals surface area contributed by atoms with Gasteiger partial charge in [-0.25, -0.2) is 0 Å². The standard InChI is InChI=1S/C59H39NO/c1-3-16-38(17-4-1)39-30-32-41(33-31-39)60(56-37-51-50-26-15-25-43(40-18-5-2-6-19-40)57(50)61-58(51)49-24-8-7-23-48(49)56)42-34-35-47-46-22-11-14-29-54(46)59(55(47)36-42)52-27-12-9-20-44(52)45-21-10-13-28-53(45)59/h1-7,9-23,25-37H,8,24H2. The van der Waals surface area contributed by atoms with E-state index in [2.05, 4.69) is 217 Å². The number of nitrogens with zero attached hydrogens (tertiary/aromatic N) is 1. The van der Waals surface area contributed by atoms with Gasteiger partial charge in [0, 0.05) is 38.8 Å². The van der Waals surface area contributed by atoms with Crippen molar-refractivity contribution in [1.29, 1.82) is 0 Å². The highest BCUT2D eigenvalue weighted by Gasteiger charge is 2.51. The van der Waals surface area contributed by atoms with Crippen molar-refractivity contribution in [2.45, 2.75) is 18.3 Å². The molecule has 2 nitrogen and oxygen atoms in total. The number of rotatable bonds is 5. The van der Waals surface area contributed by atoms with Gasteiger partial charge in [0.05, 0.1) is 11.1 Å². The third kappa shape index (κ3) is 4.85. The van der Waals surface area contributed by atoms with Crippen LogP contribution >= 0.6 is 0 Å². The average molecular weight is 778 g/mol. The largest absolute Gasteiger partial charge is 0.455 e. The summed E-state index contributed by atoms with van der Waals surface area (Å²) in [4.78, 5) is 2.51. The quantitative estimate of drug-likeness (QED) is 0.173. The van der Waals surface area contributed by atoms with E-state index in [0.717, 1.165) is 63.0 Å². The summed E-state index contributed by atoms with van der Waals surface area (Å²) in [6.07, 6.45) is 6.54. The van der Waals surface area contributed by atoms with Crippen molar-refractivity contribution in [3.05, 3.63) is 240 Å². The predicted molar refractivity (Wildman–Crippen MR) is 253 cm³/mol.